The van der Waals surface area contributed by atoms with Crippen molar-refractivity contribution in [2.24, 2.45) is 17.6 Å². The first kappa shape index (κ1) is 12.8. The molecule has 3 N–H and O–H groups in total. The van der Waals surface area contributed by atoms with Gasteiger partial charge in [0.05, 0.1) is 6.61 Å². The van der Waals surface area contributed by atoms with E-state index in [1.807, 2.05) is 4.90 Å². The van der Waals surface area contributed by atoms with Gasteiger partial charge in [-0.2, -0.15) is 0 Å². The third-order valence-electron chi connectivity index (χ3n) is 4.14. The van der Waals surface area contributed by atoms with Crippen LogP contribution in [0.3, 0.4) is 0 Å². The first-order valence-corrected chi connectivity index (χ1v) is 6.87. The van der Waals surface area contributed by atoms with Crippen LogP contribution in [0.25, 0.3) is 0 Å². The fraction of sp³-hybridized carbons (Fsp3) is 0.923. The Labute approximate surface area is 103 Å². The summed E-state index contributed by atoms with van der Waals surface area (Å²) in [7, 11) is 0. The van der Waals surface area contributed by atoms with E-state index in [0.717, 1.165) is 45.1 Å². The molecular formula is C13H24N2O2. The second-order valence-electron chi connectivity index (χ2n) is 5.44. The molecule has 1 amide bonds. The van der Waals surface area contributed by atoms with Crippen LogP contribution in [0.2, 0.25) is 0 Å². The number of amides is 1. The highest BCUT2D eigenvalue weighted by molar-refractivity contribution is 5.79. The van der Waals surface area contributed by atoms with Gasteiger partial charge in [-0.1, -0.05) is 0 Å². The molecule has 2 aliphatic carbocycles. The number of hydrogen-bond donors (Lipinski definition) is 2. The molecule has 0 unspecified atom stereocenters. The smallest absolute Gasteiger partial charge is 0.226 e. The van der Waals surface area contributed by atoms with E-state index in [1.54, 1.807) is 0 Å². The molecule has 0 aromatic carbocycles. The average molecular weight is 240 g/mol. The van der Waals surface area contributed by atoms with Crippen molar-refractivity contribution in [2.45, 2.75) is 44.6 Å². The Kier molecular flexibility index (Phi) is 4.40. The summed E-state index contributed by atoms with van der Waals surface area (Å²) in [6.07, 6.45) is 6.37. The lowest BCUT2D eigenvalue weighted by Gasteiger charge is -2.31. The quantitative estimate of drug-likeness (QED) is 0.744. The van der Waals surface area contributed by atoms with Gasteiger partial charge in [-0.25, -0.2) is 0 Å². The first-order valence-electron chi connectivity index (χ1n) is 6.87. The minimum Gasteiger partial charge on any atom is -0.395 e. The Morgan fingerprint density at radius 1 is 1.18 bits per heavy atom. The van der Waals surface area contributed by atoms with E-state index in [1.165, 1.54) is 0 Å². The van der Waals surface area contributed by atoms with Gasteiger partial charge in [-0.15, -0.1) is 0 Å². The number of aliphatic hydroxyl groups is 1. The molecule has 0 heterocycles. The largest absolute Gasteiger partial charge is 0.395 e. The zero-order valence-corrected chi connectivity index (χ0v) is 10.5. The summed E-state index contributed by atoms with van der Waals surface area (Å²) >= 11 is 0. The van der Waals surface area contributed by atoms with Crippen LogP contribution < -0.4 is 5.73 Å². The first-order chi connectivity index (χ1) is 8.26. The summed E-state index contributed by atoms with van der Waals surface area (Å²) in [5.41, 5.74) is 5.66. The molecule has 4 heteroatoms. The van der Waals surface area contributed by atoms with Crippen LogP contribution in [0.4, 0.5) is 0 Å². The van der Waals surface area contributed by atoms with E-state index >= 15 is 0 Å². The number of aliphatic hydroxyl groups excluding tert-OH is 1. The van der Waals surface area contributed by atoms with Crippen molar-refractivity contribution in [1.82, 2.24) is 4.90 Å². The molecule has 2 fully saturated rings. The standard InChI is InChI=1S/C13H24N2O2/c14-9-10-1-3-11(4-2-10)13(17)15(7-8-16)12-5-6-12/h10-12,16H,1-9,14H2. The summed E-state index contributed by atoms with van der Waals surface area (Å²) in [6, 6.07) is 0.418. The number of nitrogens with zero attached hydrogens (tertiary/aromatic N) is 1. The second-order valence-corrected chi connectivity index (χ2v) is 5.44. The van der Waals surface area contributed by atoms with Crippen molar-refractivity contribution < 1.29 is 9.90 Å². The predicted octanol–water partition coefficient (Wildman–Crippen LogP) is 0.735. The monoisotopic (exact) mass is 240 g/mol. The molecule has 0 atom stereocenters. The van der Waals surface area contributed by atoms with Gasteiger partial charge in [-0.3, -0.25) is 4.79 Å². The third-order valence-corrected chi connectivity index (χ3v) is 4.14. The molecule has 0 aromatic rings. The molecular weight excluding hydrogens is 216 g/mol. The van der Waals surface area contributed by atoms with Crippen molar-refractivity contribution >= 4 is 5.91 Å². The van der Waals surface area contributed by atoms with Crippen LogP contribution in [0, 0.1) is 11.8 Å². The summed E-state index contributed by atoms with van der Waals surface area (Å²) in [4.78, 5) is 14.3. The van der Waals surface area contributed by atoms with E-state index in [2.05, 4.69) is 0 Å². The number of carbonyl (C=O) groups excluding carboxylic acids is 1. The second kappa shape index (κ2) is 5.83. The van der Waals surface area contributed by atoms with Crippen molar-refractivity contribution in [1.29, 1.82) is 0 Å². The van der Waals surface area contributed by atoms with E-state index in [0.29, 0.717) is 18.5 Å². The maximum atomic E-state index is 12.3. The lowest BCUT2D eigenvalue weighted by atomic mass is 9.81. The summed E-state index contributed by atoms with van der Waals surface area (Å²) in [6.45, 7) is 1.35. The number of carbonyl (C=O) groups is 1. The van der Waals surface area contributed by atoms with E-state index in [4.69, 9.17) is 10.8 Å². The van der Waals surface area contributed by atoms with Crippen molar-refractivity contribution in [3.8, 4) is 0 Å². The lowest BCUT2D eigenvalue weighted by Crippen LogP contribution is -2.41. The number of hydrogen-bond acceptors (Lipinski definition) is 3. The van der Waals surface area contributed by atoms with E-state index in [9.17, 15) is 4.79 Å². The Morgan fingerprint density at radius 2 is 1.82 bits per heavy atom. The number of nitrogens with two attached hydrogens (primary N) is 1. The highest BCUT2D eigenvalue weighted by Gasteiger charge is 2.36. The molecule has 0 spiro atoms. The van der Waals surface area contributed by atoms with Crippen molar-refractivity contribution in [2.75, 3.05) is 19.7 Å². The molecule has 2 aliphatic rings. The predicted molar refractivity (Wildman–Crippen MR) is 66.3 cm³/mol. The molecule has 0 aliphatic heterocycles. The maximum Gasteiger partial charge on any atom is 0.226 e. The normalized spacial score (nSPS) is 29.1. The summed E-state index contributed by atoms with van der Waals surface area (Å²) in [5, 5.41) is 9.03. The Hall–Kier alpha value is -0.610. The van der Waals surface area contributed by atoms with Gasteiger partial charge < -0.3 is 15.7 Å². The van der Waals surface area contributed by atoms with Crippen LogP contribution in [0.5, 0.6) is 0 Å². The van der Waals surface area contributed by atoms with Gasteiger partial charge in [0.2, 0.25) is 5.91 Å². The summed E-state index contributed by atoms with van der Waals surface area (Å²) in [5.74, 6) is 1.08. The van der Waals surface area contributed by atoms with Crippen LogP contribution in [-0.4, -0.2) is 41.7 Å². The molecule has 0 aromatic heterocycles. The minimum atomic E-state index is 0.0837. The van der Waals surface area contributed by atoms with Crippen LogP contribution in [0.1, 0.15) is 38.5 Å². The van der Waals surface area contributed by atoms with Gasteiger partial charge in [0.25, 0.3) is 0 Å². The fourth-order valence-corrected chi connectivity index (χ4v) is 2.85. The zero-order chi connectivity index (χ0) is 12.3. The molecule has 2 saturated carbocycles. The maximum absolute atomic E-state index is 12.3. The Morgan fingerprint density at radius 3 is 2.29 bits per heavy atom. The lowest BCUT2D eigenvalue weighted by molar-refractivity contribution is -0.138. The molecule has 0 radical (unpaired) electrons. The molecule has 17 heavy (non-hydrogen) atoms. The third kappa shape index (κ3) is 3.19. The van der Waals surface area contributed by atoms with Crippen LogP contribution in [0.15, 0.2) is 0 Å². The molecule has 98 valence electrons. The van der Waals surface area contributed by atoms with Crippen molar-refractivity contribution in [3.05, 3.63) is 0 Å². The highest BCUT2D eigenvalue weighted by atomic mass is 16.3. The van der Waals surface area contributed by atoms with Crippen LogP contribution in [-0.2, 0) is 4.79 Å². The minimum absolute atomic E-state index is 0.0837. The highest BCUT2D eigenvalue weighted by Crippen LogP contribution is 2.33. The molecule has 0 bridgehead atoms. The van der Waals surface area contributed by atoms with Crippen molar-refractivity contribution in [3.63, 3.8) is 0 Å². The van der Waals surface area contributed by atoms with Gasteiger partial charge in [0, 0.05) is 18.5 Å². The SMILES string of the molecule is NCC1CCC(C(=O)N(CCO)C2CC2)CC1. The fourth-order valence-electron chi connectivity index (χ4n) is 2.85. The van der Waals surface area contributed by atoms with Gasteiger partial charge in [0.1, 0.15) is 0 Å². The Balaban J connectivity index is 1.86. The number of rotatable bonds is 5. The summed E-state index contributed by atoms with van der Waals surface area (Å²) < 4.78 is 0. The van der Waals surface area contributed by atoms with Gasteiger partial charge >= 0.3 is 0 Å². The van der Waals surface area contributed by atoms with Gasteiger partial charge in [0.15, 0.2) is 0 Å². The molecule has 4 nitrogen and oxygen atoms in total. The van der Waals surface area contributed by atoms with E-state index < -0.39 is 0 Å². The zero-order valence-electron chi connectivity index (χ0n) is 10.5. The molecule has 2 rings (SSSR count). The molecule has 0 saturated heterocycles. The van der Waals surface area contributed by atoms with E-state index in [-0.39, 0.29) is 18.4 Å². The topological polar surface area (TPSA) is 66.6 Å². The van der Waals surface area contributed by atoms with Gasteiger partial charge in [-0.05, 0) is 51.0 Å². The van der Waals surface area contributed by atoms with Crippen LogP contribution >= 0.6 is 0 Å². The Bertz CT molecular complexity index is 258. The average Bonchev–Trinajstić information content (AvgIpc) is 3.19.